The van der Waals surface area contributed by atoms with Gasteiger partial charge in [-0.15, -0.1) is 0 Å². The van der Waals surface area contributed by atoms with Gasteiger partial charge in [0.2, 0.25) is 5.91 Å². The number of aliphatic hydroxyl groups is 1. The molecule has 1 saturated heterocycles. The largest absolute Gasteiger partial charge is 0.396 e. The van der Waals surface area contributed by atoms with Gasteiger partial charge in [0.15, 0.2) is 0 Å². The van der Waals surface area contributed by atoms with Crippen molar-refractivity contribution in [1.82, 2.24) is 4.90 Å². The molecule has 0 aliphatic carbocycles. The zero-order chi connectivity index (χ0) is 9.68. The molecule has 76 valence electrons. The van der Waals surface area contributed by atoms with Crippen molar-refractivity contribution >= 4 is 5.91 Å². The molecule has 1 N–H and O–H groups in total. The van der Waals surface area contributed by atoms with Gasteiger partial charge in [0.05, 0.1) is 0 Å². The molecule has 0 bridgehead atoms. The lowest BCUT2D eigenvalue weighted by Gasteiger charge is -2.22. The lowest BCUT2D eigenvalue weighted by molar-refractivity contribution is -0.134. The molecule has 1 amide bonds. The Morgan fingerprint density at radius 3 is 3.00 bits per heavy atom. The summed E-state index contributed by atoms with van der Waals surface area (Å²) >= 11 is 0. The Labute approximate surface area is 79.7 Å². The van der Waals surface area contributed by atoms with Crippen LogP contribution in [-0.4, -0.2) is 35.6 Å². The average Bonchev–Trinajstić information content (AvgIpc) is 2.28. The maximum atomic E-state index is 11.7. The number of hydrogen-bond acceptors (Lipinski definition) is 2. The molecule has 0 saturated carbocycles. The molecular weight excluding hydrogens is 166 g/mol. The van der Waals surface area contributed by atoms with E-state index >= 15 is 0 Å². The molecule has 3 nitrogen and oxygen atoms in total. The molecule has 0 aromatic rings. The fourth-order valence-electron chi connectivity index (χ4n) is 1.78. The van der Waals surface area contributed by atoms with Crippen molar-refractivity contribution in [1.29, 1.82) is 0 Å². The van der Waals surface area contributed by atoms with Gasteiger partial charge >= 0.3 is 0 Å². The second kappa shape index (κ2) is 5.22. The van der Waals surface area contributed by atoms with Crippen molar-refractivity contribution in [2.45, 2.75) is 32.6 Å². The molecule has 1 aliphatic heterocycles. The van der Waals surface area contributed by atoms with Gasteiger partial charge in [0.1, 0.15) is 0 Å². The summed E-state index contributed by atoms with van der Waals surface area (Å²) < 4.78 is 0. The minimum Gasteiger partial charge on any atom is -0.396 e. The number of rotatable bonds is 3. The summed E-state index contributed by atoms with van der Waals surface area (Å²) in [5.41, 5.74) is 0. The quantitative estimate of drug-likeness (QED) is 0.713. The molecule has 0 spiro atoms. The van der Waals surface area contributed by atoms with Crippen LogP contribution in [0, 0.1) is 5.92 Å². The number of hydrogen-bond donors (Lipinski definition) is 1. The SMILES string of the molecule is CC1CCCCN(CCCO)C1=O. The Hall–Kier alpha value is -0.570. The van der Waals surface area contributed by atoms with Crippen molar-refractivity contribution in [2.24, 2.45) is 5.92 Å². The van der Waals surface area contributed by atoms with E-state index in [2.05, 4.69) is 0 Å². The van der Waals surface area contributed by atoms with Crippen molar-refractivity contribution in [3.8, 4) is 0 Å². The minimum absolute atomic E-state index is 0.179. The summed E-state index contributed by atoms with van der Waals surface area (Å²) in [5.74, 6) is 0.451. The minimum atomic E-state index is 0.179. The number of carbonyl (C=O) groups is 1. The van der Waals surface area contributed by atoms with Gasteiger partial charge in [-0.3, -0.25) is 4.79 Å². The standard InChI is InChI=1S/C10H19NO2/c1-9-5-2-3-6-11(10(9)13)7-4-8-12/h9,12H,2-8H2,1H3. The van der Waals surface area contributed by atoms with Crippen LogP contribution in [0.5, 0.6) is 0 Å². The highest BCUT2D eigenvalue weighted by molar-refractivity contribution is 5.78. The molecule has 0 aromatic carbocycles. The molecule has 3 heteroatoms. The topological polar surface area (TPSA) is 40.5 Å². The van der Waals surface area contributed by atoms with Gasteiger partial charge in [-0.05, 0) is 19.3 Å². The first-order chi connectivity index (χ1) is 6.25. The fraction of sp³-hybridized carbons (Fsp3) is 0.900. The van der Waals surface area contributed by atoms with E-state index in [9.17, 15) is 4.79 Å². The summed E-state index contributed by atoms with van der Waals surface area (Å²) in [4.78, 5) is 13.6. The van der Waals surface area contributed by atoms with E-state index < -0.39 is 0 Å². The lowest BCUT2D eigenvalue weighted by Crippen LogP contribution is -2.35. The van der Waals surface area contributed by atoms with Crippen LogP contribution in [0.3, 0.4) is 0 Å². The van der Waals surface area contributed by atoms with E-state index in [1.807, 2.05) is 11.8 Å². The summed E-state index contributed by atoms with van der Waals surface area (Å²) in [6.07, 6.45) is 4.00. The normalized spacial score (nSPS) is 24.6. The van der Waals surface area contributed by atoms with Crippen molar-refractivity contribution in [3.63, 3.8) is 0 Å². The van der Waals surface area contributed by atoms with Gasteiger partial charge in [-0.2, -0.15) is 0 Å². The zero-order valence-electron chi connectivity index (χ0n) is 8.33. The molecular formula is C10H19NO2. The maximum Gasteiger partial charge on any atom is 0.225 e. The predicted molar refractivity (Wildman–Crippen MR) is 51.3 cm³/mol. The third-order valence-corrected chi connectivity index (χ3v) is 2.63. The maximum absolute atomic E-state index is 11.7. The average molecular weight is 185 g/mol. The molecule has 1 rings (SSSR count). The molecule has 0 aromatic heterocycles. The Balaban J connectivity index is 2.44. The van der Waals surface area contributed by atoms with E-state index in [0.29, 0.717) is 6.42 Å². The first-order valence-electron chi connectivity index (χ1n) is 5.15. The van der Waals surface area contributed by atoms with Crippen molar-refractivity contribution in [3.05, 3.63) is 0 Å². The molecule has 0 radical (unpaired) electrons. The van der Waals surface area contributed by atoms with E-state index in [1.54, 1.807) is 0 Å². The van der Waals surface area contributed by atoms with Gasteiger partial charge in [-0.1, -0.05) is 13.3 Å². The van der Waals surface area contributed by atoms with Gasteiger partial charge in [-0.25, -0.2) is 0 Å². The predicted octanol–water partition coefficient (Wildman–Crippen LogP) is 1.02. The van der Waals surface area contributed by atoms with E-state index in [1.165, 1.54) is 0 Å². The number of aliphatic hydroxyl groups excluding tert-OH is 1. The second-order valence-corrected chi connectivity index (χ2v) is 3.80. The Kier molecular flexibility index (Phi) is 4.22. The van der Waals surface area contributed by atoms with Gasteiger partial charge in [0.25, 0.3) is 0 Å². The van der Waals surface area contributed by atoms with Crippen LogP contribution in [0.4, 0.5) is 0 Å². The smallest absolute Gasteiger partial charge is 0.225 e. The Bertz CT molecular complexity index is 170. The lowest BCUT2D eigenvalue weighted by atomic mass is 10.1. The summed E-state index contributed by atoms with van der Waals surface area (Å²) in [6, 6.07) is 0. The highest BCUT2D eigenvalue weighted by Gasteiger charge is 2.22. The number of carbonyl (C=O) groups excluding carboxylic acids is 1. The van der Waals surface area contributed by atoms with Crippen LogP contribution in [0.25, 0.3) is 0 Å². The monoisotopic (exact) mass is 185 g/mol. The fourth-order valence-corrected chi connectivity index (χ4v) is 1.78. The highest BCUT2D eigenvalue weighted by Crippen LogP contribution is 2.17. The van der Waals surface area contributed by atoms with Gasteiger partial charge in [0, 0.05) is 25.6 Å². The molecule has 13 heavy (non-hydrogen) atoms. The first-order valence-corrected chi connectivity index (χ1v) is 5.15. The third-order valence-electron chi connectivity index (χ3n) is 2.63. The van der Waals surface area contributed by atoms with Crippen LogP contribution in [0.1, 0.15) is 32.6 Å². The van der Waals surface area contributed by atoms with Crippen LogP contribution >= 0.6 is 0 Å². The number of likely N-dealkylation sites (tertiary alicyclic amines) is 1. The first kappa shape index (κ1) is 10.5. The van der Waals surface area contributed by atoms with E-state index in [4.69, 9.17) is 5.11 Å². The van der Waals surface area contributed by atoms with E-state index in [-0.39, 0.29) is 18.4 Å². The summed E-state index contributed by atoms with van der Waals surface area (Å²) in [6.45, 7) is 3.78. The van der Waals surface area contributed by atoms with Crippen LogP contribution in [0.2, 0.25) is 0 Å². The summed E-state index contributed by atoms with van der Waals surface area (Å²) in [5, 5.41) is 8.68. The van der Waals surface area contributed by atoms with Crippen LogP contribution in [-0.2, 0) is 4.79 Å². The molecule has 1 unspecified atom stereocenters. The second-order valence-electron chi connectivity index (χ2n) is 3.80. The molecule has 1 atom stereocenters. The van der Waals surface area contributed by atoms with Crippen LogP contribution < -0.4 is 0 Å². The number of amides is 1. The molecule has 1 heterocycles. The Morgan fingerprint density at radius 2 is 2.31 bits per heavy atom. The molecule has 1 fully saturated rings. The van der Waals surface area contributed by atoms with Crippen molar-refractivity contribution in [2.75, 3.05) is 19.7 Å². The highest BCUT2D eigenvalue weighted by atomic mass is 16.3. The number of nitrogens with zero attached hydrogens (tertiary/aromatic N) is 1. The third kappa shape index (κ3) is 2.99. The van der Waals surface area contributed by atoms with Crippen LogP contribution in [0.15, 0.2) is 0 Å². The van der Waals surface area contributed by atoms with E-state index in [0.717, 1.165) is 32.4 Å². The molecule has 1 aliphatic rings. The van der Waals surface area contributed by atoms with Crippen molar-refractivity contribution < 1.29 is 9.90 Å². The zero-order valence-corrected chi connectivity index (χ0v) is 8.33. The summed E-state index contributed by atoms with van der Waals surface area (Å²) in [7, 11) is 0. The van der Waals surface area contributed by atoms with Gasteiger partial charge < -0.3 is 10.0 Å². The Morgan fingerprint density at radius 1 is 1.54 bits per heavy atom.